The highest BCUT2D eigenvalue weighted by atomic mass is 19.1. The molecular formula is C45H56FN7O8. The standard InChI is InChI=1S/C25H25FN4O4.C18H23N3O4.2CH4/c1-15(28-19-9-16(14-27)8-18(26)12-19)20-10-17(25(32)29(2)3)11-21-22(31)13-23(34-24(20)21)30-4-6-33-7-5-30;1-11(19)13-8-12(18(23)20(2)3)9-14-15(22)10-16(25-17(13)14)21-4-6-24-7-5-21;;/h8-13,15,28H,4-7H2,1-3H3;8-11H,4-7,19H2,1-3H3;2*1H4. The molecular weight excluding hydrogens is 786 g/mol. The number of nitrogens with two attached hydrogens (primary N) is 1. The Hall–Kier alpha value is -6.28. The molecule has 0 saturated carbocycles. The van der Waals surface area contributed by atoms with Crippen LogP contribution in [0.25, 0.3) is 21.9 Å². The van der Waals surface area contributed by atoms with Crippen LogP contribution in [-0.2, 0) is 9.47 Å². The number of hydrogen-bond donors (Lipinski definition) is 2. The molecule has 61 heavy (non-hydrogen) atoms. The molecule has 2 aliphatic heterocycles. The van der Waals surface area contributed by atoms with Crippen molar-refractivity contribution in [1.29, 1.82) is 5.26 Å². The minimum atomic E-state index is -0.545. The summed E-state index contributed by atoms with van der Waals surface area (Å²) < 4.78 is 37.0. The average molecular weight is 842 g/mol. The zero-order chi connectivity index (χ0) is 42.5. The lowest BCUT2D eigenvalue weighted by molar-refractivity contribution is 0.0820. The van der Waals surface area contributed by atoms with Gasteiger partial charge in [-0.25, -0.2) is 4.39 Å². The maximum atomic E-state index is 14.0. The Bertz CT molecular complexity index is 2530. The van der Waals surface area contributed by atoms with E-state index in [0.29, 0.717) is 109 Å². The summed E-state index contributed by atoms with van der Waals surface area (Å²) in [6, 6.07) is 14.5. The highest BCUT2D eigenvalue weighted by Gasteiger charge is 2.24. The fraction of sp³-hybridized carbons (Fsp3) is 0.400. The number of halogens is 1. The molecule has 4 heterocycles. The minimum absolute atomic E-state index is 0. The van der Waals surface area contributed by atoms with Crippen molar-refractivity contribution in [1.82, 2.24) is 9.80 Å². The molecule has 0 bridgehead atoms. The van der Waals surface area contributed by atoms with Gasteiger partial charge in [0.25, 0.3) is 11.8 Å². The van der Waals surface area contributed by atoms with Gasteiger partial charge in [0, 0.05) is 100 Å². The molecule has 15 nitrogen and oxygen atoms in total. The number of rotatable bonds is 8. The fourth-order valence-electron chi connectivity index (χ4n) is 6.91. The summed E-state index contributed by atoms with van der Waals surface area (Å²) in [7, 11) is 6.60. The molecule has 2 amide bonds. The first-order valence-electron chi connectivity index (χ1n) is 19.2. The normalized spacial score (nSPS) is 14.7. The van der Waals surface area contributed by atoms with Crippen LogP contribution in [0.5, 0.6) is 0 Å². The number of nitriles is 1. The highest BCUT2D eigenvalue weighted by Crippen LogP contribution is 2.32. The van der Waals surface area contributed by atoms with E-state index in [-0.39, 0.29) is 54.5 Å². The van der Waals surface area contributed by atoms with Gasteiger partial charge in [-0.15, -0.1) is 0 Å². The summed E-state index contributed by atoms with van der Waals surface area (Å²) in [6.45, 7) is 8.39. The fourth-order valence-corrected chi connectivity index (χ4v) is 6.91. The van der Waals surface area contributed by atoms with Gasteiger partial charge in [0.05, 0.1) is 54.9 Å². The number of benzene rings is 3. The molecule has 0 aliphatic carbocycles. The van der Waals surface area contributed by atoms with Crippen molar-refractivity contribution in [3.63, 3.8) is 0 Å². The van der Waals surface area contributed by atoms with Gasteiger partial charge in [-0.05, 0) is 56.3 Å². The summed E-state index contributed by atoms with van der Waals surface area (Å²) >= 11 is 0. The molecule has 0 spiro atoms. The summed E-state index contributed by atoms with van der Waals surface area (Å²) in [5.41, 5.74) is 8.99. The van der Waals surface area contributed by atoms with Crippen LogP contribution in [0.15, 0.2) is 73.0 Å². The summed E-state index contributed by atoms with van der Waals surface area (Å²) in [5.74, 6) is -0.0471. The molecule has 2 fully saturated rings. The van der Waals surface area contributed by atoms with Crippen LogP contribution in [0.3, 0.4) is 0 Å². The Balaban J connectivity index is 0.000000271. The van der Waals surface area contributed by atoms with Crippen molar-refractivity contribution in [2.75, 3.05) is 95.9 Å². The minimum Gasteiger partial charge on any atom is -0.440 e. The second-order valence-electron chi connectivity index (χ2n) is 14.9. The largest absolute Gasteiger partial charge is 0.440 e. The summed E-state index contributed by atoms with van der Waals surface area (Å²) in [6.07, 6.45) is 0. The van der Waals surface area contributed by atoms with Gasteiger partial charge in [-0.3, -0.25) is 19.2 Å². The number of carbonyl (C=O) groups is 2. The topological polar surface area (TPSA) is 188 Å². The van der Waals surface area contributed by atoms with Crippen LogP contribution in [0.4, 0.5) is 21.8 Å². The SMILES string of the molecule is C.C.CC(N)c1cc(C(=O)N(C)C)cc2c(=O)cc(N3CCOCC3)oc12.CC(Nc1cc(F)cc(C#N)c1)c1cc(C(=O)N(C)C)cc2c(=O)cc(N3CCOCC3)oc12. The molecule has 0 radical (unpaired) electrons. The van der Waals surface area contributed by atoms with Gasteiger partial charge in [0.15, 0.2) is 22.6 Å². The van der Waals surface area contributed by atoms with E-state index < -0.39 is 11.9 Å². The lowest BCUT2D eigenvalue weighted by Gasteiger charge is -2.27. The first-order valence-corrected chi connectivity index (χ1v) is 19.2. The number of anilines is 3. The Morgan fingerprint density at radius 3 is 1.59 bits per heavy atom. The molecule has 3 aromatic carbocycles. The van der Waals surface area contributed by atoms with E-state index in [0.717, 1.165) is 6.07 Å². The Kier molecular flexibility index (Phi) is 15.8. The third-order valence-corrected chi connectivity index (χ3v) is 10.0. The van der Waals surface area contributed by atoms with Crippen LogP contribution >= 0.6 is 0 Å². The van der Waals surface area contributed by atoms with E-state index in [1.54, 1.807) is 59.4 Å². The predicted molar refractivity (Wildman–Crippen MR) is 236 cm³/mol. The number of hydrogen-bond acceptors (Lipinski definition) is 13. The number of nitrogens with one attached hydrogen (secondary N) is 1. The van der Waals surface area contributed by atoms with Crippen molar-refractivity contribution in [2.24, 2.45) is 5.73 Å². The van der Waals surface area contributed by atoms with Crippen molar-refractivity contribution in [3.05, 3.63) is 109 Å². The van der Waals surface area contributed by atoms with E-state index in [1.165, 1.54) is 34.1 Å². The van der Waals surface area contributed by atoms with Gasteiger partial charge in [0.2, 0.25) is 0 Å². The van der Waals surface area contributed by atoms with E-state index in [4.69, 9.17) is 29.3 Å². The van der Waals surface area contributed by atoms with Crippen molar-refractivity contribution >= 4 is 51.2 Å². The molecule has 2 saturated heterocycles. The summed E-state index contributed by atoms with van der Waals surface area (Å²) in [5, 5.41) is 13.0. The van der Waals surface area contributed by atoms with Gasteiger partial charge in [0.1, 0.15) is 17.0 Å². The monoisotopic (exact) mass is 841 g/mol. The van der Waals surface area contributed by atoms with E-state index in [1.807, 2.05) is 22.8 Å². The average Bonchev–Trinajstić information content (AvgIpc) is 3.22. The zero-order valence-corrected chi connectivity index (χ0v) is 34.0. The molecule has 2 atom stereocenters. The Morgan fingerprint density at radius 1 is 0.721 bits per heavy atom. The lowest BCUT2D eigenvalue weighted by atomic mass is 9.99. The van der Waals surface area contributed by atoms with E-state index >= 15 is 0 Å². The second kappa shape index (κ2) is 20.3. The van der Waals surface area contributed by atoms with Crippen LogP contribution in [0.1, 0.15) is 78.2 Å². The number of ether oxygens (including phenoxy) is 2. The number of nitrogens with zero attached hydrogens (tertiary/aromatic N) is 5. The number of morpholine rings is 2. The Labute approximate surface area is 355 Å². The third kappa shape index (κ3) is 10.7. The quantitative estimate of drug-likeness (QED) is 0.182. The molecule has 2 unspecified atom stereocenters. The Morgan fingerprint density at radius 2 is 1.16 bits per heavy atom. The van der Waals surface area contributed by atoms with Gasteiger partial charge in [-0.2, -0.15) is 5.26 Å². The maximum absolute atomic E-state index is 14.0. The third-order valence-electron chi connectivity index (χ3n) is 10.0. The highest BCUT2D eigenvalue weighted by molar-refractivity contribution is 5.99. The van der Waals surface area contributed by atoms with Gasteiger partial charge in [-0.1, -0.05) is 14.9 Å². The predicted octanol–water partition coefficient (Wildman–Crippen LogP) is 6.14. The van der Waals surface area contributed by atoms with Crippen molar-refractivity contribution < 1.29 is 32.3 Å². The number of fused-ring (bicyclic) bond motifs is 2. The van der Waals surface area contributed by atoms with Crippen LogP contribution < -0.4 is 31.7 Å². The van der Waals surface area contributed by atoms with E-state index in [2.05, 4.69) is 5.32 Å². The van der Waals surface area contributed by atoms with Crippen molar-refractivity contribution in [2.45, 2.75) is 40.8 Å². The molecule has 7 rings (SSSR count). The zero-order valence-electron chi connectivity index (χ0n) is 34.0. The first kappa shape index (κ1) is 47.4. The number of amides is 2. The van der Waals surface area contributed by atoms with Gasteiger partial charge >= 0.3 is 0 Å². The second-order valence-corrected chi connectivity index (χ2v) is 14.9. The molecule has 16 heteroatoms. The first-order chi connectivity index (χ1) is 28.1. The number of carbonyl (C=O) groups excluding carboxylic acids is 2. The molecule has 2 aliphatic rings. The van der Waals surface area contributed by atoms with Crippen LogP contribution in [0, 0.1) is 17.1 Å². The van der Waals surface area contributed by atoms with Gasteiger partial charge < -0.3 is 49.0 Å². The molecule has 326 valence electrons. The molecule has 3 N–H and O–H groups in total. The van der Waals surface area contributed by atoms with Crippen LogP contribution in [-0.4, -0.2) is 102 Å². The maximum Gasteiger partial charge on any atom is 0.253 e. The smallest absolute Gasteiger partial charge is 0.253 e. The van der Waals surface area contributed by atoms with Crippen molar-refractivity contribution in [3.8, 4) is 6.07 Å². The van der Waals surface area contributed by atoms with Crippen LogP contribution in [0.2, 0.25) is 0 Å². The summed E-state index contributed by atoms with van der Waals surface area (Å²) in [4.78, 5) is 57.7. The van der Waals surface area contributed by atoms with E-state index in [9.17, 15) is 23.6 Å². The lowest BCUT2D eigenvalue weighted by Crippen LogP contribution is -2.36. The molecule has 5 aromatic rings. The molecule has 2 aromatic heterocycles.